The summed E-state index contributed by atoms with van der Waals surface area (Å²) in [7, 11) is 0. The van der Waals surface area contributed by atoms with Gasteiger partial charge in [-0.05, 0) is 32.1 Å². The number of likely N-dealkylation sites (tertiary alicyclic amines) is 1. The molecule has 0 aliphatic carbocycles. The van der Waals surface area contributed by atoms with Gasteiger partial charge in [-0.15, -0.1) is 0 Å². The second-order valence-corrected chi connectivity index (χ2v) is 5.44. The van der Waals surface area contributed by atoms with Crippen LogP contribution in [-0.4, -0.2) is 40.1 Å². The van der Waals surface area contributed by atoms with Crippen molar-refractivity contribution >= 4 is 12.0 Å². The van der Waals surface area contributed by atoms with Crippen molar-refractivity contribution in [2.45, 2.75) is 58.5 Å². The minimum absolute atomic E-state index is 0.0164. The minimum atomic E-state index is -0.912. The zero-order valence-corrected chi connectivity index (χ0v) is 11.7. The van der Waals surface area contributed by atoms with Crippen LogP contribution in [0.1, 0.15) is 47.0 Å². The third kappa shape index (κ3) is 2.94. The minimum Gasteiger partial charge on any atom is -0.480 e. The first kappa shape index (κ1) is 14.8. The summed E-state index contributed by atoms with van der Waals surface area (Å²) in [4.78, 5) is 24.9. The number of aliphatic carboxylic acids is 1. The maximum absolute atomic E-state index is 12.2. The molecular weight excluding hydrogens is 232 g/mol. The zero-order valence-electron chi connectivity index (χ0n) is 11.7. The molecule has 2 unspecified atom stereocenters. The van der Waals surface area contributed by atoms with Crippen LogP contribution in [0.5, 0.6) is 0 Å². The fraction of sp³-hybridized carbons (Fsp3) is 0.846. The summed E-state index contributed by atoms with van der Waals surface area (Å²) in [6.45, 7) is 8.43. The highest BCUT2D eigenvalue weighted by molar-refractivity contribution is 5.84. The summed E-state index contributed by atoms with van der Waals surface area (Å²) < 4.78 is 0. The van der Waals surface area contributed by atoms with E-state index < -0.39 is 12.0 Å². The Morgan fingerprint density at radius 3 is 2.39 bits per heavy atom. The first-order chi connectivity index (χ1) is 8.34. The lowest BCUT2D eigenvalue weighted by molar-refractivity contribution is -0.142. The van der Waals surface area contributed by atoms with Gasteiger partial charge < -0.3 is 15.3 Å². The summed E-state index contributed by atoms with van der Waals surface area (Å²) in [5.74, 6) is -0.896. The fourth-order valence-electron chi connectivity index (χ4n) is 2.31. The molecule has 1 fully saturated rings. The normalized spacial score (nSPS) is 24.1. The molecule has 0 bridgehead atoms. The van der Waals surface area contributed by atoms with Gasteiger partial charge >= 0.3 is 12.0 Å². The monoisotopic (exact) mass is 256 g/mol. The molecule has 5 nitrogen and oxygen atoms in total. The molecule has 0 spiro atoms. The Hall–Kier alpha value is -1.26. The Labute approximate surface area is 109 Å². The molecule has 1 rings (SSSR count). The van der Waals surface area contributed by atoms with Crippen molar-refractivity contribution in [2.24, 2.45) is 5.92 Å². The van der Waals surface area contributed by atoms with E-state index in [0.717, 1.165) is 19.3 Å². The average Bonchev–Trinajstić information content (AvgIpc) is 2.71. The number of carbonyl (C=O) groups is 2. The number of nitrogens with one attached hydrogen (secondary N) is 1. The predicted octanol–water partition coefficient (Wildman–Crippen LogP) is 2.07. The van der Waals surface area contributed by atoms with Gasteiger partial charge in [0.1, 0.15) is 6.04 Å². The van der Waals surface area contributed by atoms with E-state index in [1.54, 1.807) is 0 Å². The maximum Gasteiger partial charge on any atom is 0.326 e. The van der Waals surface area contributed by atoms with E-state index in [1.165, 1.54) is 4.90 Å². The van der Waals surface area contributed by atoms with Crippen molar-refractivity contribution in [2.75, 3.05) is 6.54 Å². The van der Waals surface area contributed by atoms with Crippen LogP contribution >= 0.6 is 0 Å². The molecule has 0 aromatic rings. The fourth-order valence-corrected chi connectivity index (χ4v) is 2.31. The van der Waals surface area contributed by atoms with E-state index in [2.05, 4.69) is 5.32 Å². The average molecular weight is 256 g/mol. The molecule has 5 heteroatoms. The van der Waals surface area contributed by atoms with Crippen LogP contribution in [0.25, 0.3) is 0 Å². The smallest absolute Gasteiger partial charge is 0.326 e. The molecule has 104 valence electrons. The molecule has 2 amide bonds. The highest BCUT2D eigenvalue weighted by atomic mass is 16.4. The Kier molecular flexibility index (Phi) is 4.59. The van der Waals surface area contributed by atoms with Crippen molar-refractivity contribution < 1.29 is 14.7 Å². The quantitative estimate of drug-likeness (QED) is 0.809. The number of carboxylic acid groups (broad SMARTS) is 1. The number of amides is 2. The van der Waals surface area contributed by atoms with Crippen LogP contribution in [0.3, 0.4) is 0 Å². The topological polar surface area (TPSA) is 69.6 Å². The predicted molar refractivity (Wildman–Crippen MR) is 69.4 cm³/mol. The van der Waals surface area contributed by atoms with Crippen molar-refractivity contribution in [1.29, 1.82) is 0 Å². The van der Waals surface area contributed by atoms with E-state index in [-0.39, 0.29) is 17.5 Å². The van der Waals surface area contributed by atoms with E-state index in [1.807, 2.05) is 27.7 Å². The SMILES string of the molecule is CCC(C)(CC)NC(=O)N1CCC(C)C1C(=O)O. The lowest BCUT2D eigenvalue weighted by Crippen LogP contribution is -2.54. The summed E-state index contributed by atoms with van der Waals surface area (Å²) in [6, 6.07) is -0.944. The molecule has 2 atom stereocenters. The Balaban J connectivity index is 2.75. The highest BCUT2D eigenvalue weighted by Gasteiger charge is 2.40. The largest absolute Gasteiger partial charge is 0.480 e. The van der Waals surface area contributed by atoms with Gasteiger partial charge in [-0.25, -0.2) is 9.59 Å². The van der Waals surface area contributed by atoms with Crippen molar-refractivity contribution in [1.82, 2.24) is 10.2 Å². The molecule has 1 heterocycles. The molecule has 0 radical (unpaired) electrons. The van der Waals surface area contributed by atoms with E-state index in [0.29, 0.717) is 6.54 Å². The number of carbonyl (C=O) groups excluding carboxylic acids is 1. The summed E-state index contributed by atoms with van der Waals surface area (Å²) >= 11 is 0. The summed E-state index contributed by atoms with van der Waals surface area (Å²) in [6.07, 6.45) is 2.41. The first-order valence-corrected chi connectivity index (χ1v) is 6.66. The Bertz CT molecular complexity index is 326. The third-order valence-corrected chi connectivity index (χ3v) is 4.18. The van der Waals surface area contributed by atoms with Crippen LogP contribution < -0.4 is 5.32 Å². The van der Waals surface area contributed by atoms with Gasteiger partial charge in [0.25, 0.3) is 0 Å². The van der Waals surface area contributed by atoms with Crippen molar-refractivity contribution in [3.63, 3.8) is 0 Å². The molecular formula is C13H24N2O3. The van der Waals surface area contributed by atoms with Crippen LogP contribution in [0.15, 0.2) is 0 Å². The maximum atomic E-state index is 12.2. The molecule has 0 saturated carbocycles. The zero-order chi connectivity index (χ0) is 13.9. The van der Waals surface area contributed by atoms with E-state index >= 15 is 0 Å². The van der Waals surface area contributed by atoms with Crippen LogP contribution in [0.2, 0.25) is 0 Å². The molecule has 2 N–H and O–H groups in total. The van der Waals surface area contributed by atoms with Crippen molar-refractivity contribution in [3.05, 3.63) is 0 Å². The lowest BCUT2D eigenvalue weighted by atomic mass is 9.96. The van der Waals surface area contributed by atoms with Gasteiger partial charge in [-0.1, -0.05) is 20.8 Å². The first-order valence-electron chi connectivity index (χ1n) is 6.66. The second kappa shape index (κ2) is 5.59. The Morgan fingerprint density at radius 2 is 1.94 bits per heavy atom. The van der Waals surface area contributed by atoms with Gasteiger partial charge in [-0.2, -0.15) is 0 Å². The van der Waals surface area contributed by atoms with Gasteiger partial charge in [0.05, 0.1) is 0 Å². The molecule has 18 heavy (non-hydrogen) atoms. The van der Waals surface area contributed by atoms with Gasteiger partial charge in [-0.3, -0.25) is 0 Å². The van der Waals surface area contributed by atoms with E-state index in [4.69, 9.17) is 0 Å². The summed E-state index contributed by atoms with van der Waals surface area (Å²) in [5, 5.41) is 12.2. The highest BCUT2D eigenvalue weighted by Crippen LogP contribution is 2.25. The molecule has 1 aliphatic rings. The second-order valence-electron chi connectivity index (χ2n) is 5.44. The van der Waals surface area contributed by atoms with Gasteiger partial charge in [0.15, 0.2) is 0 Å². The van der Waals surface area contributed by atoms with Crippen molar-refractivity contribution in [3.8, 4) is 0 Å². The molecule has 0 aromatic heterocycles. The van der Waals surface area contributed by atoms with Gasteiger partial charge in [0, 0.05) is 12.1 Å². The molecule has 0 aromatic carbocycles. The number of rotatable bonds is 4. The van der Waals surface area contributed by atoms with Crippen LogP contribution in [0, 0.1) is 5.92 Å². The Morgan fingerprint density at radius 1 is 1.39 bits per heavy atom. The van der Waals surface area contributed by atoms with Gasteiger partial charge in [0.2, 0.25) is 0 Å². The van der Waals surface area contributed by atoms with Crippen LogP contribution in [0.4, 0.5) is 4.79 Å². The lowest BCUT2D eigenvalue weighted by Gasteiger charge is -2.32. The van der Waals surface area contributed by atoms with Crippen LogP contribution in [-0.2, 0) is 4.79 Å². The number of hydrogen-bond acceptors (Lipinski definition) is 2. The number of carboxylic acids is 1. The third-order valence-electron chi connectivity index (χ3n) is 4.18. The van der Waals surface area contributed by atoms with E-state index in [9.17, 15) is 14.7 Å². The number of hydrogen-bond donors (Lipinski definition) is 2. The standard InChI is InChI=1S/C13H24N2O3/c1-5-13(4,6-2)14-12(18)15-8-7-9(3)10(15)11(16)17/h9-10H,5-8H2,1-4H3,(H,14,18)(H,16,17). The molecule has 1 aliphatic heterocycles. The number of urea groups is 1. The molecule has 1 saturated heterocycles. The summed E-state index contributed by atoms with van der Waals surface area (Å²) in [5.41, 5.74) is -0.258. The number of nitrogens with zero attached hydrogens (tertiary/aromatic N) is 1.